The third kappa shape index (κ3) is 2.45. The molecule has 18 heavy (non-hydrogen) atoms. The lowest BCUT2D eigenvalue weighted by Gasteiger charge is -2.19. The van der Waals surface area contributed by atoms with Crippen LogP contribution in [0.1, 0.15) is 12.0 Å². The first-order valence-corrected chi connectivity index (χ1v) is 6.12. The van der Waals surface area contributed by atoms with Crippen LogP contribution in [0.25, 0.3) is 0 Å². The van der Waals surface area contributed by atoms with Gasteiger partial charge in [-0.2, -0.15) is 13.2 Å². The van der Waals surface area contributed by atoms with Crippen LogP contribution in [0.5, 0.6) is 0 Å². The number of hydrogen-bond donors (Lipinski definition) is 1. The summed E-state index contributed by atoms with van der Waals surface area (Å²) in [6.07, 6.45) is -4.19. The molecule has 98 valence electrons. The lowest BCUT2D eigenvalue weighted by Crippen LogP contribution is -2.26. The summed E-state index contributed by atoms with van der Waals surface area (Å²) >= 11 is 3.27. The Balaban J connectivity index is 2.41. The Morgan fingerprint density at radius 3 is 2.56 bits per heavy atom. The second-order valence-corrected chi connectivity index (χ2v) is 5.37. The highest BCUT2D eigenvalue weighted by Gasteiger charge is 2.34. The molecule has 1 amide bonds. The molecule has 0 saturated carbocycles. The maximum absolute atomic E-state index is 12.6. The molecule has 0 spiro atoms. The first-order chi connectivity index (χ1) is 8.29. The Hall–Kier alpha value is -1.24. The summed E-state index contributed by atoms with van der Waals surface area (Å²) in [6.45, 7) is 0.324. The number of rotatable bonds is 1. The highest BCUT2D eigenvalue weighted by atomic mass is 79.9. The number of carbonyl (C=O) groups excluding carboxylic acids is 1. The fourth-order valence-electron chi connectivity index (χ4n) is 1.85. The van der Waals surface area contributed by atoms with E-state index in [1.807, 2.05) is 0 Å². The molecular weight excluding hydrogens is 313 g/mol. The van der Waals surface area contributed by atoms with E-state index in [1.54, 1.807) is 0 Å². The summed E-state index contributed by atoms with van der Waals surface area (Å²) < 4.78 is 37.8. The molecule has 1 aliphatic rings. The molecule has 1 saturated heterocycles. The van der Waals surface area contributed by atoms with Crippen molar-refractivity contribution in [3.63, 3.8) is 0 Å². The minimum Gasteiger partial charge on any atom is -0.397 e. The summed E-state index contributed by atoms with van der Waals surface area (Å²) in [5.74, 6) is -0.233. The predicted molar refractivity (Wildman–Crippen MR) is 65.5 cm³/mol. The number of anilines is 2. The third-order valence-corrected chi connectivity index (χ3v) is 3.34. The number of benzene rings is 1. The number of nitrogens with two attached hydrogens (primary N) is 1. The van der Waals surface area contributed by atoms with Gasteiger partial charge < -0.3 is 10.6 Å². The zero-order valence-electron chi connectivity index (χ0n) is 9.17. The van der Waals surface area contributed by atoms with Crippen LogP contribution >= 0.6 is 15.9 Å². The van der Waals surface area contributed by atoms with E-state index in [9.17, 15) is 18.0 Å². The third-order valence-electron chi connectivity index (χ3n) is 2.73. The number of nitrogen functional groups attached to an aromatic ring is 1. The van der Waals surface area contributed by atoms with Gasteiger partial charge in [0.05, 0.1) is 16.9 Å². The van der Waals surface area contributed by atoms with Crippen molar-refractivity contribution in [2.24, 2.45) is 0 Å². The van der Waals surface area contributed by atoms with Crippen LogP contribution in [-0.2, 0) is 11.0 Å². The van der Waals surface area contributed by atoms with Crippen molar-refractivity contribution < 1.29 is 18.0 Å². The molecule has 0 aromatic heterocycles. The van der Waals surface area contributed by atoms with E-state index in [0.29, 0.717) is 6.54 Å². The van der Waals surface area contributed by atoms with Crippen molar-refractivity contribution in [2.45, 2.75) is 17.4 Å². The molecule has 1 unspecified atom stereocenters. The summed E-state index contributed by atoms with van der Waals surface area (Å²) in [7, 11) is 0. The summed E-state index contributed by atoms with van der Waals surface area (Å²) in [5, 5.41) is 0. The molecule has 1 fully saturated rings. The van der Waals surface area contributed by atoms with Crippen molar-refractivity contribution in [1.29, 1.82) is 0 Å². The van der Waals surface area contributed by atoms with Crippen LogP contribution in [-0.4, -0.2) is 17.3 Å². The van der Waals surface area contributed by atoms with E-state index in [2.05, 4.69) is 15.9 Å². The van der Waals surface area contributed by atoms with Crippen LogP contribution in [0.3, 0.4) is 0 Å². The zero-order chi connectivity index (χ0) is 13.5. The van der Waals surface area contributed by atoms with Crippen LogP contribution in [0.2, 0.25) is 0 Å². The quantitative estimate of drug-likeness (QED) is 0.638. The van der Waals surface area contributed by atoms with E-state index >= 15 is 0 Å². The first kappa shape index (κ1) is 13.2. The van der Waals surface area contributed by atoms with Crippen molar-refractivity contribution in [1.82, 2.24) is 0 Å². The maximum atomic E-state index is 12.6. The Morgan fingerprint density at radius 1 is 1.39 bits per heavy atom. The minimum absolute atomic E-state index is 0.0565. The Labute approximate surface area is 110 Å². The normalized spacial score (nSPS) is 20.6. The Kier molecular flexibility index (Phi) is 3.27. The van der Waals surface area contributed by atoms with Crippen LogP contribution < -0.4 is 10.6 Å². The van der Waals surface area contributed by atoms with Gasteiger partial charge in [-0.05, 0) is 18.2 Å². The number of amides is 1. The number of hydrogen-bond acceptors (Lipinski definition) is 2. The molecule has 1 aromatic rings. The van der Waals surface area contributed by atoms with Gasteiger partial charge in [0.1, 0.15) is 0 Å². The number of nitrogens with zero attached hydrogens (tertiary/aromatic N) is 1. The van der Waals surface area contributed by atoms with Crippen molar-refractivity contribution in [3.05, 3.63) is 23.8 Å². The van der Waals surface area contributed by atoms with Gasteiger partial charge in [-0.3, -0.25) is 4.79 Å². The maximum Gasteiger partial charge on any atom is 0.416 e. The van der Waals surface area contributed by atoms with Crippen molar-refractivity contribution in [2.75, 3.05) is 17.2 Å². The fourth-order valence-corrected chi connectivity index (χ4v) is 2.42. The summed E-state index contributed by atoms with van der Waals surface area (Å²) in [6, 6.07) is 3.00. The molecule has 2 N–H and O–H groups in total. The van der Waals surface area contributed by atoms with Crippen LogP contribution in [0, 0.1) is 0 Å². The molecule has 7 heteroatoms. The van der Waals surface area contributed by atoms with Gasteiger partial charge in [0.2, 0.25) is 5.91 Å². The van der Waals surface area contributed by atoms with E-state index in [-0.39, 0.29) is 28.5 Å². The number of carbonyl (C=O) groups is 1. The first-order valence-electron chi connectivity index (χ1n) is 5.20. The van der Waals surface area contributed by atoms with Gasteiger partial charge in [-0.15, -0.1) is 0 Å². The average Bonchev–Trinajstić information content (AvgIpc) is 2.56. The van der Waals surface area contributed by atoms with E-state index < -0.39 is 11.7 Å². The van der Waals surface area contributed by atoms with Gasteiger partial charge in [0.15, 0.2) is 0 Å². The van der Waals surface area contributed by atoms with Gasteiger partial charge in [0, 0.05) is 17.8 Å². The monoisotopic (exact) mass is 322 g/mol. The SMILES string of the molecule is Nc1ccc(C(F)(F)F)cc1N1CC(Br)CC1=O. The fraction of sp³-hybridized carbons (Fsp3) is 0.364. The van der Waals surface area contributed by atoms with Gasteiger partial charge in [-0.25, -0.2) is 0 Å². The summed E-state index contributed by atoms with van der Waals surface area (Å²) in [5.41, 5.74) is 5.12. The van der Waals surface area contributed by atoms with E-state index in [1.165, 1.54) is 11.0 Å². The molecule has 0 bridgehead atoms. The van der Waals surface area contributed by atoms with Crippen LogP contribution in [0.4, 0.5) is 24.5 Å². The topological polar surface area (TPSA) is 46.3 Å². The number of halogens is 4. The zero-order valence-corrected chi connectivity index (χ0v) is 10.8. The van der Waals surface area contributed by atoms with Gasteiger partial charge in [0.25, 0.3) is 0 Å². The lowest BCUT2D eigenvalue weighted by atomic mass is 10.1. The molecule has 2 rings (SSSR count). The molecule has 1 aromatic carbocycles. The second kappa shape index (κ2) is 4.46. The van der Waals surface area contributed by atoms with E-state index in [0.717, 1.165) is 12.1 Å². The van der Waals surface area contributed by atoms with Gasteiger partial charge >= 0.3 is 6.18 Å². The smallest absolute Gasteiger partial charge is 0.397 e. The highest BCUT2D eigenvalue weighted by Crippen LogP contribution is 2.36. The molecule has 0 radical (unpaired) electrons. The van der Waals surface area contributed by atoms with Crippen molar-refractivity contribution in [3.8, 4) is 0 Å². The molecule has 3 nitrogen and oxygen atoms in total. The van der Waals surface area contributed by atoms with Gasteiger partial charge in [-0.1, -0.05) is 15.9 Å². The lowest BCUT2D eigenvalue weighted by molar-refractivity contribution is -0.137. The molecule has 1 aliphatic heterocycles. The molecule has 1 atom stereocenters. The molecule has 1 heterocycles. The van der Waals surface area contributed by atoms with Crippen LogP contribution in [0.15, 0.2) is 18.2 Å². The summed E-state index contributed by atoms with van der Waals surface area (Å²) in [4.78, 5) is 12.9. The second-order valence-electron chi connectivity index (χ2n) is 4.08. The minimum atomic E-state index is -4.45. The number of alkyl halides is 4. The average molecular weight is 323 g/mol. The Morgan fingerprint density at radius 2 is 2.06 bits per heavy atom. The highest BCUT2D eigenvalue weighted by molar-refractivity contribution is 9.09. The van der Waals surface area contributed by atoms with Crippen molar-refractivity contribution >= 4 is 33.2 Å². The largest absolute Gasteiger partial charge is 0.416 e. The predicted octanol–water partition coefficient (Wildman–Crippen LogP) is 2.79. The standard InChI is InChI=1S/C11H10BrF3N2O/c12-7-4-10(18)17(5-7)9-3-6(11(13,14)15)1-2-8(9)16/h1-3,7H,4-5,16H2. The van der Waals surface area contributed by atoms with E-state index in [4.69, 9.17) is 5.73 Å². The molecular formula is C11H10BrF3N2O. The molecule has 0 aliphatic carbocycles. The Bertz CT molecular complexity index is 490.